The molecule has 0 amide bonds. The first kappa shape index (κ1) is 31.2. The van der Waals surface area contributed by atoms with Crippen molar-refractivity contribution in [3.8, 4) is 6.07 Å². The number of aromatic nitrogens is 5. The van der Waals surface area contributed by atoms with E-state index in [1.165, 1.54) is 18.3 Å². The van der Waals surface area contributed by atoms with Crippen LogP contribution in [0.15, 0.2) is 48.2 Å². The first-order valence-electron chi connectivity index (χ1n) is 14.6. The number of nitrogens with one attached hydrogen (secondary N) is 2. The van der Waals surface area contributed by atoms with Crippen molar-refractivity contribution in [2.45, 2.75) is 58.2 Å². The van der Waals surface area contributed by atoms with Crippen LogP contribution >= 0.6 is 34.5 Å². The molecule has 2 aromatic carbocycles. The number of likely N-dealkylation sites (tertiary alicyclic amines) is 1. The quantitative estimate of drug-likeness (QED) is 0.179. The number of halogens is 3. The van der Waals surface area contributed by atoms with E-state index in [2.05, 4.69) is 62.7 Å². The van der Waals surface area contributed by atoms with E-state index in [0.717, 1.165) is 42.2 Å². The van der Waals surface area contributed by atoms with Gasteiger partial charge in [0.05, 0.1) is 50.3 Å². The highest BCUT2D eigenvalue weighted by molar-refractivity contribution is 7.09. The van der Waals surface area contributed by atoms with Gasteiger partial charge in [0.1, 0.15) is 23.6 Å². The minimum Gasteiger partial charge on any atom is -0.371 e. The van der Waals surface area contributed by atoms with Crippen molar-refractivity contribution < 1.29 is 4.39 Å². The summed E-state index contributed by atoms with van der Waals surface area (Å²) >= 11 is 14.4. The number of anilines is 3. The largest absolute Gasteiger partial charge is 0.371 e. The van der Waals surface area contributed by atoms with E-state index >= 15 is 0 Å². The summed E-state index contributed by atoms with van der Waals surface area (Å²) < 4.78 is 15.8. The lowest BCUT2D eigenvalue weighted by molar-refractivity contribution is 0.0866. The number of benzene rings is 2. The predicted octanol–water partition coefficient (Wildman–Crippen LogP) is 8.29. The van der Waals surface area contributed by atoms with E-state index in [0.29, 0.717) is 38.6 Å². The molecule has 45 heavy (non-hydrogen) atoms. The fourth-order valence-electron chi connectivity index (χ4n) is 5.72. The Hall–Kier alpha value is -3.82. The zero-order valence-corrected chi connectivity index (χ0v) is 27.6. The van der Waals surface area contributed by atoms with Crippen LogP contribution in [0.5, 0.6) is 0 Å². The molecule has 0 radical (unpaired) electrons. The number of pyridine rings is 1. The van der Waals surface area contributed by atoms with Crippen LogP contribution in [-0.4, -0.2) is 48.5 Å². The van der Waals surface area contributed by atoms with E-state index in [1.807, 2.05) is 29.4 Å². The van der Waals surface area contributed by atoms with Crippen LogP contribution < -0.4 is 10.6 Å². The Kier molecular flexibility index (Phi) is 8.68. The van der Waals surface area contributed by atoms with Gasteiger partial charge in [-0.05, 0) is 70.9 Å². The molecule has 2 N–H and O–H groups in total. The molecule has 1 saturated heterocycles. The fraction of sp³-hybridized carbons (Fsp3) is 0.344. The molecule has 1 aliphatic rings. The molecule has 6 rings (SSSR count). The van der Waals surface area contributed by atoms with Crippen molar-refractivity contribution >= 4 is 62.5 Å². The molecule has 0 aliphatic carbocycles. The Bertz CT molecular complexity index is 1900. The number of thiazole rings is 1. The highest BCUT2D eigenvalue weighted by Gasteiger charge is 2.30. The summed E-state index contributed by atoms with van der Waals surface area (Å²) in [6.45, 7) is 10.8. The monoisotopic (exact) mass is 663 g/mol. The molecule has 4 heterocycles. The maximum Gasteiger partial charge on any atom is 0.141 e. The molecule has 0 saturated carbocycles. The number of piperidine rings is 1. The minimum absolute atomic E-state index is 0.0356. The standard InChI is InChI=1S/C32H32Cl2FN9S/c1-18-28(38-17-45-18)31(27-16-44(42-41-27)22-7-9-43(10-8-22)32(2,3)4)40-21-11-23-29(39-20-5-6-26(35)24(33)12-20)19(14-36)15-37-30(23)25(34)13-21/h5-6,11-13,15-17,22,31,40H,7-10H2,1-4H3,(H,37,39). The second-order valence-corrected chi connectivity index (χ2v) is 14.0. The predicted molar refractivity (Wildman–Crippen MR) is 178 cm³/mol. The Morgan fingerprint density at radius 3 is 2.51 bits per heavy atom. The van der Waals surface area contributed by atoms with Crippen molar-refractivity contribution in [2.24, 2.45) is 0 Å². The van der Waals surface area contributed by atoms with Crippen molar-refractivity contribution in [3.05, 3.63) is 85.9 Å². The summed E-state index contributed by atoms with van der Waals surface area (Å²) in [6.07, 6.45) is 5.46. The van der Waals surface area contributed by atoms with Gasteiger partial charge in [0.25, 0.3) is 0 Å². The van der Waals surface area contributed by atoms with E-state index < -0.39 is 11.9 Å². The zero-order chi connectivity index (χ0) is 31.9. The fourth-order valence-corrected chi connectivity index (χ4v) is 6.79. The van der Waals surface area contributed by atoms with Gasteiger partial charge < -0.3 is 10.6 Å². The minimum atomic E-state index is -0.535. The summed E-state index contributed by atoms with van der Waals surface area (Å²) in [5, 5.41) is 26.9. The van der Waals surface area contributed by atoms with Crippen LogP contribution in [0.4, 0.5) is 21.5 Å². The molecular weight excluding hydrogens is 632 g/mol. The third kappa shape index (κ3) is 6.47. The molecular formula is C32H32Cl2FN9S. The molecule has 0 spiro atoms. The van der Waals surface area contributed by atoms with Crippen LogP contribution in [0.3, 0.4) is 0 Å². The van der Waals surface area contributed by atoms with Gasteiger partial charge in [-0.3, -0.25) is 9.88 Å². The van der Waals surface area contributed by atoms with Gasteiger partial charge in [-0.25, -0.2) is 14.1 Å². The van der Waals surface area contributed by atoms with Gasteiger partial charge in [-0.1, -0.05) is 28.4 Å². The number of nitrogens with zero attached hydrogens (tertiary/aromatic N) is 7. The molecule has 1 fully saturated rings. The van der Waals surface area contributed by atoms with Crippen LogP contribution in [0.2, 0.25) is 10.0 Å². The van der Waals surface area contributed by atoms with Gasteiger partial charge in [0.15, 0.2) is 0 Å². The molecule has 9 nitrogen and oxygen atoms in total. The smallest absolute Gasteiger partial charge is 0.141 e. The maximum absolute atomic E-state index is 13.8. The lowest BCUT2D eigenvalue weighted by Gasteiger charge is -2.40. The average Bonchev–Trinajstić information content (AvgIpc) is 3.67. The highest BCUT2D eigenvalue weighted by Crippen LogP contribution is 2.38. The molecule has 13 heteroatoms. The molecule has 3 aromatic heterocycles. The Morgan fingerprint density at radius 2 is 1.84 bits per heavy atom. The summed E-state index contributed by atoms with van der Waals surface area (Å²) in [4.78, 5) is 12.7. The van der Waals surface area contributed by atoms with Gasteiger partial charge in [0.2, 0.25) is 0 Å². The Morgan fingerprint density at radius 1 is 1.09 bits per heavy atom. The van der Waals surface area contributed by atoms with E-state index in [-0.39, 0.29) is 16.6 Å². The van der Waals surface area contributed by atoms with Gasteiger partial charge in [-0.15, -0.1) is 16.4 Å². The van der Waals surface area contributed by atoms with E-state index in [1.54, 1.807) is 23.5 Å². The van der Waals surface area contributed by atoms with Crippen molar-refractivity contribution in [2.75, 3.05) is 23.7 Å². The first-order valence-corrected chi connectivity index (χ1v) is 16.2. The number of nitriles is 1. The topological polar surface area (TPSA) is 108 Å². The van der Waals surface area contributed by atoms with Crippen molar-refractivity contribution in [3.63, 3.8) is 0 Å². The number of aryl methyl sites for hydroxylation is 1. The van der Waals surface area contributed by atoms with Gasteiger partial charge >= 0.3 is 0 Å². The molecule has 1 aliphatic heterocycles. The lowest BCUT2D eigenvalue weighted by Crippen LogP contribution is -2.46. The number of rotatable bonds is 7. The summed E-state index contributed by atoms with van der Waals surface area (Å²) in [7, 11) is 0. The normalized spacial score (nSPS) is 15.2. The Balaban J connectivity index is 1.35. The van der Waals surface area contributed by atoms with Crippen LogP contribution in [0.1, 0.15) is 67.5 Å². The third-order valence-electron chi connectivity index (χ3n) is 8.21. The van der Waals surface area contributed by atoms with Crippen LogP contribution in [0.25, 0.3) is 10.9 Å². The van der Waals surface area contributed by atoms with E-state index in [4.69, 9.17) is 23.2 Å². The highest BCUT2D eigenvalue weighted by atomic mass is 35.5. The van der Waals surface area contributed by atoms with Gasteiger partial charge in [0, 0.05) is 46.5 Å². The zero-order valence-electron chi connectivity index (χ0n) is 25.3. The SMILES string of the molecule is Cc1scnc1C(Nc1cc(Cl)c2ncc(C#N)c(Nc3ccc(F)c(Cl)c3)c2c1)c1cn(C2CCN(C(C)(C)C)CC2)nn1. The van der Waals surface area contributed by atoms with E-state index in [9.17, 15) is 9.65 Å². The average molecular weight is 665 g/mol. The third-order valence-corrected chi connectivity index (χ3v) is 9.56. The molecule has 1 unspecified atom stereocenters. The molecule has 5 aromatic rings. The van der Waals surface area contributed by atoms with Crippen LogP contribution in [-0.2, 0) is 0 Å². The number of hydrogen-bond donors (Lipinski definition) is 2. The second kappa shape index (κ2) is 12.5. The van der Waals surface area contributed by atoms with Crippen LogP contribution in [0, 0.1) is 24.1 Å². The number of fused-ring (bicyclic) bond motifs is 1. The Labute approximate surface area is 275 Å². The van der Waals surface area contributed by atoms with Gasteiger partial charge in [-0.2, -0.15) is 5.26 Å². The summed E-state index contributed by atoms with van der Waals surface area (Å²) in [5.74, 6) is -0.535. The van der Waals surface area contributed by atoms with Crippen molar-refractivity contribution in [1.29, 1.82) is 5.26 Å². The molecule has 232 valence electrons. The summed E-state index contributed by atoms with van der Waals surface area (Å²) in [6, 6.07) is 10.00. The van der Waals surface area contributed by atoms with Crippen molar-refractivity contribution in [1.82, 2.24) is 29.9 Å². The second-order valence-electron chi connectivity index (χ2n) is 12.2. The summed E-state index contributed by atoms with van der Waals surface area (Å²) in [5.41, 5.74) is 6.01. The number of hydrogen-bond acceptors (Lipinski definition) is 9. The molecule has 0 bridgehead atoms. The molecule has 1 atom stereocenters. The lowest BCUT2D eigenvalue weighted by atomic mass is 9.98. The maximum atomic E-state index is 13.8. The first-order chi connectivity index (χ1) is 21.5.